The largest absolute Gasteiger partial charge is 0.352 e. The first kappa shape index (κ1) is 18.5. The highest BCUT2D eigenvalue weighted by Gasteiger charge is 2.35. The second kappa shape index (κ2) is 7.96. The van der Waals surface area contributed by atoms with Gasteiger partial charge in [0, 0.05) is 25.9 Å². The first-order valence-corrected chi connectivity index (χ1v) is 10.4. The number of amides is 1. The van der Waals surface area contributed by atoms with Crippen LogP contribution in [0.3, 0.4) is 0 Å². The maximum absolute atomic E-state index is 11.9. The second-order valence-corrected chi connectivity index (χ2v) is 8.28. The number of carbonyl (C=O) groups is 1. The van der Waals surface area contributed by atoms with Gasteiger partial charge < -0.3 is 9.84 Å². The van der Waals surface area contributed by atoms with Gasteiger partial charge in [-0.2, -0.15) is 9.29 Å². The highest BCUT2D eigenvalue weighted by atomic mass is 32.2. The summed E-state index contributed by atoms with van der Waals surface area (Å²) in [6, 6.07) is 9.27. The molecule has 1 aliphatic rings. The SMILES string of the molecule is CS(=O)(=O)N1CCCC1c1noc(CCC(=O)NCc2ccccc2)n1. The Labute approximate surface area is 152 Å². The summed E-state index contributed by atoms with van der Waals surface area (Å²) in [4.78, 5) is 16.2. The Hall–Kier alpha value is -2.26. The first-order valence-electron chi connectivity index (χ1n) is 8.53. The molecule has 1 aliphatic heterocycles. The Morgan fingerprint density at radius 3 is 2.85 bits per heavy atom. The molecule has 9 heteroatoms. The van der Waals surface area contributed by atoms with Gasteiger partial charge in [0.1, 0.15) is 0 Å². The van der Waals surface area contributed by atoms with Gasteiger partial charge in [0.2, 0.25) is 21.8 Å². The van der Waals surface area contributed by atoms with E-state index in [1.54, 1.807) is 0 Å². The van der Waals surface area contributed by atoms with E-state index >= 15 is 0 Å². The number of aromatic nitrogens is 2. The van der Waals surface area contributed by atoms with Crippen molar-refractivity contribution in [2.75, 3.05) is 12.8 Å². The molecule has 3 rings (SSSR count). The smallest absolute Gasteiger partial charge is 0.227 e. The van der Waals surface area contributed by atoms with Crippen LogP contribution >= 0.6 is 0 Å². The van der Waals surface area contributed by atoms with Crippen LogP contribution in [0.15, 0.2) is 34.9 Å². The monoisotopic (exact) mass is 378 g/mol. The van der Waals surface area contributed by atoms with E-state index in [1.165, 1.54) is 10.6 Å². The molecule has 0 saturated carbocycles. The van der Waals surface area contributed by atoms with Gasteiger partial charge in [0.05, 0.1) is 12.3 Å². The fourth-order valence-corrected chi connectivity index (χ4v) is 4.13. The van der Waals surface area contributed by atoms with Crippen LogP contribution < -0.4 is 5.32 Å². The van der Waals surface area contributed by atoms with E-state index in [9.17, 15) is 13.2 Å². The zero-order valence-corrected chi connectivity index (χ0v) is 15.4. The highest BCUT2D eigenvalue weighted by Crippen LogP contribution is 2.32. The normalized spacial score (nSPS) is 18.1. The predicted octanol–water partition coefficient (Wildman–Crippen LogP) is 1.42. The van der Waals surface area contributed by atoms with Gasteiger partial charge in [-0.3, -0.25) is 4.79 Å². The van der Waals surface area contributed by atoms with Crippen LogP contribution in [-0.2, 0) is 27.8 Å². The zero-order chi connectivity index (χ0) is 18.6. The van der Waals surface area contributed by atoms with Crippen molar-refractivity contribution in [2.45, 2.75) is 38.3 Å². The zero-order valence-electron chi connectivity index (χ0n) is 14.6. The minimum Gasteiger partial charge on any atom is -0.352 e. The van der Waals surface area contributed by atoms with E-state index < -0.39 is 10.0 Å². The number of hydrogen-bond acceptors (Lipinski definition) is 6. The van der Waals surface area contributed by atoms with Crippen molar-refractivity contribution in [2.24, 2.45) is 0 Å². The predicted molar refractivity (Wildman–Crippen MR) is 94.4 cm³/mol. The standard InChI is InChI=1S/C17H22N4O4S/c1-26(23,24)21-11-5-8-14(21)17-19-16(25-20-17)10-9-15(22)18-12-13-6-3-2-4-7-13/h2-4,6-7,14H,5,8-12H2,1H3,(H,18,22). The van der Waals surface area contributed by atoms with E-state index in [1.807, 2.05) is 30.3 Å². The highest BCUT2D eigenvalue weighted by molar-refractivity contribution is 7.88. The molecule has 1 aromatic heterocycles. The minimum atomic E-state index is -3.30. The molecule has 26 heavy (non-hydrogen) atoms. The van der Waals surface area contributed by atoms with E-state index in [-0.39, 0.29) is 18.4 Å². The molecule has 140 valence electrons. The topological polar surface area (TPSA) is 105 Å². The summed E-state index contributed by atoms with van der Waals surface area (Å²) >= 11 is 0. The van der Waals surface area contributed by atoms with Crippen molar-refractivity contribution in [3.8, 4) is 0 Å². The van der Waals surface area contributed by atoms with Crippen molar-refractivity contribution in [1.82, 2.24) is 19.8 Å². The van der Waals surface area contributed by atoms with Crippen LogP contribution in [0.25, 0.3) is 0 Å². The molecule has 0 aliphatic carbocycles. The first-order chi connectivity index (χ1) is 12.4. The van der Waals surface area contributed by atoms with E-state index in [0.717, 1.165) is 12.0 Å². The molecule has 0 spiro atoms. The number of rotatable bonds is 7. The third kappa shape index (κ3) is 4.67. The van der Waals surface area contributed by atoms with Gasteiger partial charge in [-0.15, -0.1) is 0 Å². The van der Waals surface area contributed by atoms with Crippen molar-refractivity contribution < 1.29 is 17.7 Å². The van der Waals surface area contributed by atoms with Crippen LogP contribution in [-0.4, -0.2) is 41.6 Å². The maximum Gasteiger partial charge on any atom is 0.227 e. The molecule has 1 aromatic carbocycles. The molecule has 2 aromatic rings. The fraction of sp³-hybridized carbons (Fsp3) is 0.471. The third-order valence-electron chi connectivity index (χ3n) is 4.31. The molecule has 1 atom stereocenters. The van der Waals surface area contributed by atoms with Crippen LogP contribution in [0.4, 0.5) is 0 Å². The summed E-state index contributed by atoms with van der Waals surface area (Å²) in [5.41, 5.74) is 1.03. The number of sulfonamides is 1. The van der Waals surface area contributed by atoms with Gasteiger partial charge >= 0.3 is 0 Å². The fourth-order valence-electron chi connectivity index (χ4n) is 3.01. The van der Waals surface area contributed by atoms with E-state index in [0.29, 0.717) is 37.6 Å². The minimum absolute atomic E-state index is 0.104. The Morgan fingerprint density at radius 1 is 1.35 bits per heavy atom. The quantitative estimate of drug-likeness (QED) is 0.781. The molecule has 1 saturated heterocycles. The molecule has 1 amide bonds. The van der Waals surface area contributed by atoms with E-state index in [4.69, 9.17) is 4.52 Å². The van der Waals surface area contributed by atoms with Gasteiger partial charge in [-0.25, -0.2) is 8.42 Å². The molecule has 1 N–H and O–H groups in total. The third-order valence-corrected chi connectivity index (χ3v) is 5.60. The van der Waals surface area contributed by atoms with Gasteiger partial charge in [-0.05, 0) is 18.4 Å². The van der Waals surface area contributed by atoms with Gasteiger partial charge in [0.15, 0.2) is 5.82 Å². The average molecular weight is 378 g/mol. The molecular formula is C17H22N4O4S. The van der Waals surface area contributed by atoms with Crippen LogP contribution in [0.1, 0.15) is 42.6 Å². The second-order valence-electron chi connectivity index (χ2n) is 6.34. The number of carbonyl (C=O) groups excluding carboxylic acids is 1. The molecule has 1 unspecified atom stereocenters. The lowest BCUT2D eigenvalue weighted by molar-refractivity contribution is -0.121. The average Bonchev–Trinajstić information content (AvgIpc) is 3.27. The number of benzene rings is 1. The maximum atomic E-state index is 11.9. The lowest BCUT2D eigenvalue weighted by Crippen LogP contribution is -2.30. The molecule has 2 heterocycles. The summed E-state index contributed by atoms with van der Waals surface area (Å²) in [6.07, 6.45) is 3.17. The Morgan fingerprint density at radius 2 is 2.12 bits per heavy atom. The number of nitrogens with zero attached hydrogens (tertiary/aromatic N) is 3. The Kier molecular flexibility index (Phi) is 5.67. The van der Waals surface area contributed by atoms with Crippen LogP contribution in [0, 0.1) is 0 Å². The molecule has 0 bridgehead atoms. The van der Waals surface area contributed by atoms with Gasteiger partial charge in [-0.1, -0.05) is 35.5 Å². The summed E-state index contributed by atoms with van der Waals surface area (Å²) in [5, 5.41) is 6.75. The van der Waals surface area contributed by atoms with Crippen molar-refractivity contribution in [1.29, 1.82) is 0 Å². The Bertz CT molecular complexity index is 851. The summed E-state index contributed by atoms with van der Waals surface area (Å²) in [5.74, 6) is 0.607. The van der Waals surface area contributed by atoms with Crippen molar-refractivity contribution in [3.05, 3.63) is 47.6 Å². The lowest BCUT2D eigenvalue weighted by atomic mass is 10.2. The molecular weight excluding hydrogens is 356 g/mol. The Balaban J connectivity index is 1.51. The molecule has 8 nitrogen and oxygen atoms in total. The van der Waals surface area contributed by atoms with Gasteiger partial charge in [0.25, 0.3) is 0 Å². The number of nitrogens with one attached hydrogen (secondary N) is 1. The number of hydrogen-bond donors (Lipinski definition) is 1. The van der Waals surface area contributed by atoms with Crippen molar-refractivity contribution >= 4 is 15.9 Å². The number of aryl methyl sites for hydroxylation is 1. The molecule has 1 fully saturated rings. The van der Waals surface area contributed by atoms with E-state index in [2.05, 4.69) is 15.5 Å². The molecule has 0 radical (unpaired) electrons. The van der Waals surface area contributed by atoms with Crippen LogP contribution in [0.2, 0.25) is 0 Å². The van der Waals surface area contributed by atoms with Crippen LogP contribution in [0.5, 0.6) is 0 Å². The summed E-state index contributed by atoms with van der Waals surface area (Å²) < 4.78 is 30.2. The summed E-state index contributed by atoms with van der Waals surface area (Å²) in [6.45, 7) is 0.940. The lowest BCUT2D eigenvalue weighted by Gasteiger charge is -2.18. The van der Waals surface area contributed by atoms with Crippen molar-refractivity contribution in [3.63, 3.8) is 0 Å². The summed E-state index contributed by atoms with van der Waals surface area (Å²) in [7, 11) is -3.30.